The summed E-state index contributed by atoms with van der Waals surface area (Å²) >= 11 is 0. The van der Waals surface area contributed by atoms with Crippen molar-refractivity contribution in [3.63, 3.8) is 0 Å². The molecule has 11 heteroatoms. The zero-order valence-electron chi connectivity index (χ0n) is 18.9. The molecule has 0 heterocycles. The highest BCUT2D eigenvalue weighted by molar-refractivity contribution is 5.26. The summed E-state index contributed by atoms with van der Waals surface area (Å²) in [7, 11) is 1.27. The predicted octanol–water partition coefficient (Wildman–Crippen LogP) is 6.41. The van der Waals surface area contributed by atoms with Crippen molar-refractivity contribution < 1.29 is 49.3 Å². The predicted molar refractivity (Wildman–Crippen MR) is 97.9 cm³/mol. The van der Waals surface area contributed by atoms with E-state index < -0.39 is 65.7 Å². The lowest BCUT2D eigenvalue weighted by molar-refractivity contribution is -0.384. The molecule has 3 nitrogen and oxygen atoms in total. The maximum absolute atomic E-state index is 16.1. The van der Waals surface area contributed by atoms with Crippen LogP contribution in [0.5, 0.6) is 0 Å². The summed E-state index contributed by atoms with van der Waals surface area (Å²) in [6.07, 6.45) is -8.16. The molecule has 1 saturated carbocycles. The van der Waals surface area contributed by atoms with E-state index in [4.69, 9.17) is 4.74 Å². The molecule has 186 valence electrons. The van der Waals surface area contributed by atoms with Crippen LogP contribution < -0.4 is 0 Å². The highest BCUT2D eigenvalue weighted by atomic mass is 19.4. The number of halogens is 8. The van der Waals surface area contributed by atoms with E-state index in [0.717, 1.165) is 20.8 Å². The van der Waals surface area contributed by atoms with Gasteiger partial charge < -0.3 is 14.2 Å². The van der Waals surface area contributed by atoms with Crippen molar-refractivity contribution in [2.24, 2.45) is 16.7 Å². The second kappa shape index (κ2) is 8.59. The van der Waals surface area contributed by atoms with E-state index in [9.17, 15) is 13.2 Å². The van der Waals surface area contributed by atoms with Gasteiger partial charge in [-0.3, -0.25) is 0 Å². The van der Waals surface area contributed by atoms with Crippen molar-refractivity contribution in [3.05, 3.63) is 0 Å². The zero-order valence-corrected chi connectivity index (χ0v) is 18.9. The van der Waals surface area contributed by atoms with Gasteiger partial charge in [0.25, 0.3) is 5.92 Å². The van der Waals surface area contributed by atoms with Crippen LogP contribution in [0, 0.1) is 16.7 Å². The number of ether oxygens (including phenoxy) is 3. The molecular formula is C20H32F8O3. The van der Waals surface area contributed by atoms with Gasteiger partial charge in [-0.1, -0.05) is 41.5 Å². The lowest BCUT2D eigenvalue weighted by atomic mass is 9.69. The van der Waals surface area contributed by atoms with Gasteiger partial charge in [0.05, 0.1) is 13.2 Å². The summed E-state index contributed by atoms with van der Waals surface area (Å²) in [6.45, 7) is 5.11. The first-order valence-electron chi connectivity index (χ1n) is 9.84. The third kappa shape index (κ3) is 4.69. The summed E-state index contributed by atoms with van der Waals surface area (Å²) in [5, 5.41) is 0. The Morgan fingerprint density at radius 1 is 0.871 bits per heavy atom. The minimum Gasteiger partial charge on any atom is -0.382 e. The highest BCUT2D eigenvalue weighted by Gasteiger charge is 2.91. The van der Waals surface area contributed by atoms with Crippen LogP contribution in [0.25, 0.3) is 0 Å². The van der Waals surface area contributed by atoms with Crippen LogP contribution in [0.15, 0.2) is 0 Å². The van der Waals surface area contributed by atoms with Crippen molar-refractivity contribution in [2.45, 2.75) is 83.7 Å². The average Bonchev–Trinajstić information content (AvgIpc) is 2.71. The monoisotopic (exact) mass is 472 g/mol. The van der Waals surface area contributed by atoms with Crippen LogP contribution in [0.2, 0.25) is 0 Å². The number of alkyl halides is 8. The molecule has 1 rings (SSSR count). The van der Waals surface area contributed by atoms with Crippen LogP contribution in [0.1, 0.15) is 54.4 Å². The van der Waals surface area contributed by atoms with Gasteiger partial charge in [-0.15, -0.1) is 0 Å². The van der Waals surface area contributed by atoms with E-state index >= 15 is 22.0 Å². The first-order valence-corrected chi connectivity index (χ1v) is 9.84. The number of rotatable bonds is 8. The molecule has 0 spiro atoms. The molecule has 3 unspecified atom stereocenters. The molecule has 1 fully saturated rings. The molecular weight excluding hydrogens is 440 g/mol. The molecule has 0 radical (unpaired) electrons. The Morgan fingerprint density at radius 3 is 1.77 bits per heavy atom. The van der Waals surface area contributed by atoms with Gasteiger partial charge >= 0.3 is 12.1 Å². The molecule has 1 aliphatic carbocycles. The first kappa shape index (κ1) is 28.4. The second-order valence-corrected chi connectivity index (χ2v) is 10.3. The molecule has 0 aromatic carbocycles. The minimum absolute atomic E-state index is 0.0689. The van der Waals surface area contributed by atoms with Crippen LogP contribution in [-0.2, 0) is 14.2 Å². The Bertz CT molecular complexity index is 609. The van der Waals surface area contributed by atoms with Gasteiger partial charge in [-0.25, -0.2) is 13.2 Å². The molecule has 0 aromatic rings. The Labute approximate surface area is 177 Å². The summed E-state index contributed by atoms with van der Waals surface area (Å²) < 4.78 is 133. The molecule has 31 heavy (non-hydrogen) atoms. The molecule has 0 saturated heterocycles. The van der Waals surface area contributed by atoms with E-state index in [0.29, 0.717) is 0 Å². The molecule has 0 aliphatic heterocycles. The van der Waals surface area contributed by atoms with E-state index in [1.165, 1.54) is 27.9 Å². The van der Waals surface area contributed by atoms with Crippen LogP contribution >= 0.6 is 0 Å². The van der Waals surface area contributed by atoms with Crippen molar-refractivity contribution in [1.82, 2.24) is 0 Å². The van der Waals surface area contributed by atoms with Crippen molar-refractivity contribution >= 4 is 0 Å². The summed E-state index contributed by atoms with van der Waals surface area (Å²) in [5.74, 6) is -12.8. The standard InChI is InChI=1S/C20H32F8O3/c1-14(2,3)10-13-11-16(20(26,27)28,31-12-30-9-8-29-7)19(24,25)17(13,21)18(22,23)15(4,5)6/h13H,8-12H2,1-7H3. The molecule has 0 amide bonds. The molecule has 0 aromatic heterocycles. The van der Waals surface area contributed by atoms with Crippen LogP contribution in [0.4, 0.5) is 35.1 Å². The smallest absolute Gasteiger partial charge is 0.382 e. The first-order chi connectivity index (χ1) is 13.6. The van der Waals surface area contributed by atoms with Gasteiger partial charge in [0.1, 0.15) is 6.79 Å². The maximum atomic E-state index is 16.1. The van der Waals surface area contributed by atoms with Gasteiger partial charge in [0, 0.05) is 18.4 Å². The van der Waals surface area contributed by atoms with Crippen LogP contribution in [-0.4, -0.2) is 56.4 Å². The third-order valence-corrected chi connectivity index (χ3v) is 5.60. The van der Waals surface area contributed by atoms with E-state index in [1.807, 2.05) is 0 Å². The Balaban J connectivity index is 3.64. The summed E-state index contributed by atoms with van der Waals surface area (Å²) in [4.78, 5) is 0. The second-order valence-electron chi connectivity index (χ2n) is 10.3. The topological polar surface area (TPSA) is 27.7 Å². The van der Waals surface area contributed by atoms with Gasteiger partial charge in [0.15, 0.2) is 0 Å². The fourth-order valence-electron chi connectivity index (χ4n) is 3.99. The molecule has 0 bridgehead atoms. The number of hydrogen-bond donors (Lipinski definition) is 0. The van der Waals surface area contributed by atoms with E-state index in [1.54, 1.807) is 0 Å². The Kier molecular flexibility index (Phi) is 7.86. The van der Waals surface area contributed by atoms with E-state index in [-0.39, 0.29) is 13.2 Å². The van der Waals surface area contributed by atoms with Crippen LogP contribution in [0.3, 0.4) is 0 Å². The lowest BCUT2D eigenvalue weighted by Gasteiger charge is -2.47. The van der Waals surface area contributed by atoms with E-state index in [2.05, 4.69) is 9.47 Å². The molecule has 1 aliphatic rings. The summed E-state index contributed by atoms with van der Waals surface area (Å²) in [6, 6.07) is 0. The zero-order chi connectivity index (χ0) is 24.7. The fraction of sp³-hybridized carbons (Fsp3) is 1.00. The van der Waals surface area contributed by atoms with Gasteiger partial charge in [0.2, 0.25) is 11.3 Å². The fourth-order valence-corrected chi connectivity index (χ4v) is 3.99. The van der Waals surface area contributed by atoms with Crippen molar-refractivity contribution in [3.8, 4) is 0 Å². The molecule has 0 N–H and O–H groups in total. The lowest BCUT2D eigenvalue weighted by Crippen LogP contribution is -2.70. The van der Waals surface area contributed by atoms with Gasteiger partial charge in [-0.05, 0) is 18.3 Å². The Hall–Kier alpha value is -0.680. The van der Waals surface area contributed by atoms with Gasteiger partial charge in [-0.2, -0.15) is 22.0 Å². The summed E-state index contributed by atoms with van der Waals surface area (Å²) in [5.41, 5.74) is -12.7. The quantitative estimate of drug-likeness (QED) is 0.232. The highest BCUT2D eigenvalue weighted by Crippen LogP contribution is 2.70. The third-order valence-electron chi connectivity index (χ3n) is 5.60. The van der Waals surface area contributed by atoms with Crippen molar-refractivity contribution in [1.29, 1.82) is 0 Å². The normalized spacial score (nSPS) is 30.1. The Morgan fingerprint density at radius 2 is 1.39 bits per heavy atom. The SMILES string of the molecule is COCCOCOC1(C(F)(F)F)CC(CC(C)(C)C)C(F)(C(F)(F)C(C)(C)C)C1(F)F. The molecule has 3 atom stereocenters. The number of methoxy groups -OCH3 is 1. The van der Waals surface area contributed by atoms with Crippen molar-refractivity contribution in [2.75, 3.05) is 27.1 Å². The largest absolute Gasteiger partial charge is 0.423 e. The average molecular weight is 472 g/mol. The maximum Gasteiger partial charge on any atom is 0.423 e. The minimum atomic E-state index is -5.85. The number of hydrogen-bond acceptors (Lipinski definition) is 3.